The fourth-order valence-electron chi connectivity index (χ4n) is 2.17. The van der Waals surface area contributed by atoms with Crippen molar-refractivity contribution in [3.8, 4) is 5.75 Å². The molecule has 0 N–H and O–H groups in total. The van der Waals surface area contributed by atoms with Crippen LogP contribution in [0.4, 0.5) is 0 Å². The molecule has 0 spiro atoms. The van der Waals surface area contributed by atoms with E-state index in [-0.39, 0.29) is 12.1 Å². The van der Waals surface area contributed by atoms with E-state index >= 15 is 0 Å². The van der Waals surface area contributed by atoms with E-state index < -0.39 is 0 Å². The van der Waals surface area contributed by atoms with Crippen LogP contribution in [0.1, 0.15) is 54.6 Å². The van der Waals surface area contributed by atoms with Gasteiger partial charge in [-0.25, -0.2) is 4.79 Å². The largest absolute Gasteiger partial charge is 0.497 e. The van der Waals surface area contributed by atoms with Crippen LogP contribution >= 0.6 is 0 Å². The molecule has 0 radical (unpaired) electrons. The summed E-state index contributed by atoms with van der Waals surface area (Å²) in [6.45, 7) is 2.17. The SMILES string of the molecule is CCCCCC1OC(=O)c2cc(OC)ccc21. The van der Waals surface area contributed by atoms with Gasteiger partial charge in [-0.15, -0.1) is 0 Å². The minimum absolute atomic E-state index is 0.0602. The van der Waals surface area contributed by atoms with E-state index in [1.165, 1.54) is 12.8 Å². The van der Waals surface area contributed by atoms with Crippen molar-refractivity contribution in [2.24, 2.45) is 0 Å². The van der Waals surface area contributed by atoms with Gasteiger partial charge in [-0.2, -0.15) is 0 Å². The molecule has 1 aromatic rings. The fourth-order valence-corrected chi connectivity index (χ4v) is 2.17. The molecule has 0 aromatic heterocycles. The number of cyclic esters (lactones) is 1. The maximum Gasteiger partial charge on any atom is 0.339 e. The number of methoxy groups -OCH3 is 1. The van der Waals surface area contributed by atoms with Crippen LogP contribution in [-0.2, 0) is 4.74 Å². The molecule has 3 heteroatoms. The number of ether oxygens (including phenoxy) is 2. The normalized spacial score (nSPS) is 17.8. The summed E-state index contributed by atoms with van der Waals surface area (Å²) in [5.74, 6) is 0.482. The maximum absolute atomic E-state index is 11.7. The van der Waals surface area contributed by atoms with Crippen LogP contribution in [0.25, 0.3) is 0 Å². The Morgan fingerprint density at radius 2 is 2.18 bits per heavy atom. The van der Waals surface area contributed by atoms with Crippen LogP contribution in [0.5, 0.6) is 5.75 Å². The van der Waals surface area contributed by atoms with E-state index in [1.807, 2.05) is 12.1 Å². The van der Waals surface area contributed by atoms with Crippen molar-refractivity contribution >= 4 is 5.97 Å². The van der Waals surface area contributed by atoms with Crippen LogP contribution in [0, 0.1) is 0 Å². The number of hydrogen-bond donors (Lipinski definition) is 0. The van der Waals surface area contributed by atoms with Crippen molar-refractivity contribution in [2.75, 3.05) is 7.11 Å². The molecule has 0 saturated carbocycles. The lowest BCUT2D eigenvalue weighted by molar-refractivity contribution is 0.0363. The van der Waals surface area contributed by atoms with E-state index in [2.05, 4.69) is 6.92 Å². The lowest BCUT2D eigenvalue weighted by Gasteiger charge is -2.10. The molecule has 3 nitrogen and oxygen atoms in total. The number of carbonyl (C=O) groups is 1. The van der Waals surface area contributed by atoms with Gasteiger partial charge in [-0.1, -0.05) is 25.8 Å². The molecule has 0 aliphatic carbocycles. The molecule has 0 amide bonds. The zero-order valence-corrected chi connectivity index (χ0v) is 10.4. The second-order valence-corrected chi connectivity index (χ2v) is 4.34. The summed E-state index contributed by atoms with van der Waals surface area (Å²) in [6, 6.07) is 5.58. The summed E-state index contributed by atoms with van der Waals surface area (Å²) >= 11 is 0. The Morgan fingerprint density at radius 3 is 2.88 bits per heavy atom. The first-order valence-electron chi connectivity index (χ1n) is 6.15. The number of carbonyl (C=O) groups excluding carboxylic acids is 1. The summed E-state index contributed by atoms with van der Waals surface area (Å²) < 4.78 is 10.5. The van der Waals surface area contributed by atoms with Crippen LogP contribution < -0.4 is 4.74 Å². The molecule has 2 rings (SSSR count). The van der Waals surface area contributed by atoms with E-state index in [0.29, 0.717) is 11.3 Å². The number of rotatable bonds is 5. The average Bonchev–Trinajstić information content (AvgIpc) is 2.66. The Labute approximate surface area is 102 Å². The molecule has 1 atom stereocenters. The highest BCUT2D eigenvalue weighted by Gasteiger charge is 2.30. The molecule has 1 aromatic carbocycles. The minimum Gasteiger partial charge on any atom is -0.497 e. The second-order valence-electron chi connectivity index (χ2n) is 4.34. The Hall–Kier alpha value is -1.51. The van der Waals surface area contributed by atoms with Gasteiger partial charge in [-0.05, 0) is 25.0 Å². The number of fused-ring (bicyclic) bond motifs is 1. The maximum atomic E-state index is 11.7. The van der Waals surface area contributed by atoms with Crippen molar-refractivity contribution in [3.63, 3.8) is 0 Å². The molecule has 0 fully saturated rings. The molecular formula is C14H18O3. The third kappa shape index (κ3) is 2.43. The van der Waals surface area contributed by atoms with Crippen LogP contribution in [0.2, 0.25) is 0 Å². The van der Waals surface area contributed by atoms with E-state index in [9.17, 15) is 4.79 Å². The quantitative estimate of drug-likeness (QED) is 0.578. The van der Waals surface area contributed by atoms with Gasteiger partial charge in [0.05, 0.1) is 12.7 Å². The minimum atomic E-state index is -0.222. The van der Waals surface area contributed by atoms with Gasteiger partial charge in [0, 0.05) is 5.56 Å². The summed E-state index contributed by atoms with van der Waals surface area (Å²) in [7, 11) is 1.60. The highest BCUT2D eigenvalue weighted by molar-refractivity contribution is 5.94. The van der Waals surface area contributed by atoms with Crippen LogP contribution in [0.3, 0.4) is 0 Å². The Balaban J connectivity index is 2.14. The van der Waals surface area contributed by atoms with E-state index in [1.54, 1.807) is 13.2 Å². The van der Waals surface area contributed by atoms with Crippen LogP contribution in [-0.4, -0.2) is 13.1 Å². The third-order valence-corrected chi connectivity index (χ3v) is 3.15. The fraction of sp³-hybridized carbons (Fsp3) is 0.500. The van der Waals surface area contributed by atoms with Gasteiger partial charge in [-0.3, -0.25) is 0 Å². The molecule has 92 valence electrons. The molecule has 0 bridgehead atoms. The summed E-state index contributed by atoms with van der Waals surface area (Å²) in [4.78, 5) is 11.7. The summed E-state index contributed by atoms with van der Waals surface area (Å²) in [6.07, 6.45) is 4.31. The molecule has 1 aliphatic rings. The van der Waals surface area contributed by atoms with Gasteiger partial charge < -0.3 is 9.47 Å². The number of benzene rings is 1. The number of hydrogen-bond acceptors (Lipinski definition) is 3. The molecule has 1 unspecified atom stereocenters. The van der Waals surface area contributed by atoms with Gasteiger partial charge >= 0.3 is 5.97 Å². The van der Waals surface area contributed by atoms with Crippen molar-refractivity contribution in [3.05, 3.63) is 29.3 Å². The van der Waals surface area contributed by atoms with Crippen molar-refractivity contribution in [1.82, 2.24) is 0 Å². The smallest absolute Gasteiger partial charge is 0.339 e. The Morgan fingerprint density at radius 1 is 1.35 bits per heavy atom. The predicted octanol–water partition coefficient (Wildman–Crippen LogP) is 3.49. The standard InChI is InChI=1S/C14H18O3/c1-3-4-5-6-13-11-8-7-10(16-2)9-12(11)14(15)17-13/h7-9,13H,3-6H2,1-2H3. The zero-order valence-electron chi connectivity index (χ0n) is 10.4. The number of unbranched alkanes of at least 4 members (excludes halogenated alkanes) is 2. The molecule has 0 saturated heterocycles. The van der Waals surface area contributed by atoms with Crippen molar-refractivity contribution in [1.29, 1.82) is 0 Å². The van der Waals surface area contributed by atoms with Crippen molar-refractivity contribution in [2.45, 2.75) is 38.7 Å². The third-order valence-electron chi connectivity index (χ3n) is 3.15. The second kappa shape index (κ2) is 5.21. The summed E-state index contributed by atoms with van der Waals surface area (Å²) in [5.41, 5.74) is 1.66. The lowest BCUT2D eigenvalue weighted by Crippen LogP contribution is -1.98. The lowest BCUT2D eigenvalue weighted by atomic mass is 10.0. The van der Waals surface area contributed by atoms with Gasteiger partial charge in [0.15, 0.2) is 0 Å². The van der Waals surface area contributed by atoms with E-state index in [0.717, 1.165) is 18.4 Å². The molecular weight excluding hydrogens is 216 g/mol. The summed E-state index contributed by atoms with van der Waals surface area (Å²) in [5, 5.41) is 0. The predicted molar refractivity (Wildman–Crippen MR) is 65.3 cm³/mol. The zero-order chi connectivity index (χ0) is 12.3. The Bertz CT molecular complexity index is 412. The molecule has 1 aliphatic heterocycles. The number of esters is 1. The highest BCUT2D eigenvalue weighted by Crippen LogP contribution is 2.36. The highest BCUT2D eigenvalue weighted by atomic mass is 16.5. The first-order chi connectivity index (χ1) is 8.26. The van der Waals surface area contributed by atoms with Gasteiger partial charge in [0.25, 0.3) is 0 Å². The first-order valence-corrected chi connectivity index (χ1v) is 6.15. The van der Waals surface area contributed by atoms with Gasteiger partial charge in [0.1, 0.15) is 11.9 Å². The van der Waals surface area contributed by atoms with Crippen molar-refractivity contribution < 1.29 is 14.3 Å². The van der Waals surface area contributed by atoms with Crippen LogP contribution in [0.15, 0.2) is 18.2 Å². The average molecular weight is 234 g/mol. The molecule has 17 heavy (non-hydrogen) atoms. The van der Waals surface area contributed by atoms with Gasteiger partial charge in [0.2, 0.25) is 0 Å². The molecule has 1 heterocycles. The first kappa shape index (κ1) is 12.0. The topological polar surface area (TPSA) is 35.5 Å². The monoisotopic (exact) mass is 234 g/mol. The Kier molecular flexibility index (Phi) is 3.67. The van der Waals surface area contributed by atoms with E-state index in [4.69, 9.17) is 9.47 Å².